The molecule has 0 saturated heterocycles. The Morgan fingerprint density at radius 2 is 2.07 bits per heavy atom. The highest BCUT2D eigenvalue weighted by molar-refractivity contribution is 5.05. The van der Waals surface area contributed by atoms with Gasteiger partial charge in [0.2, 0.25) is 0 Å². The van der Waals surface area contributed by atoms with Crippen molar-refractivity contribution >= 4 is 0 Å². The van der Waals surface area contributed by atoms with Crippen LogP contribution in [0.25, 0.3) is 0 Å². The minimum atomic E-state index is -0.319. The summed E-state index contributed by atoms with van der Waals surface area (Å²) in [6, 6.07) is 0. The molecule has 0 aliphatic heterocycles. The smallest absolute Gasteiger partial charge is 0.0780 e. The van der Waals surface area contributed by atoms with E-state index >= 15 is 0 Å². The van der Waals surface area contributed by atoms with E-state index in [1.807, 2.05) is 6.92 Å². The first kappa shape index (κ1) is 11.8. The third kappa shape index (κ3) is 2.20. The summed E-state index contributed by atoms with van der Waals surface area (Å²) >= 11 is 0. The van der Waals surface area contributed by atoms with E-state index in [1.54, 1.807) is 0 Å². The van der Waals surface area contributed by atoms with Crippen molar-refractivity contribution in [1.82, 2.24) is 0 Å². The molecule has 0 aromatic heterocycles. The molecule has 3 atom stereocenters. The summed E-state index contributed by atoms with van der Waals surface area (Å²) in [4.78, 5) is 0. The van der Waals surface area contributed by atoms with Crippen molar-refractivity contribution in [3.8, 4) is 0 Å². The van der Waals surface area contributed by atoms with Gasteiger partial charge in [0, 0.05) is 0 Å². The predicted molar refractivity (Wildman–Crippen MR) is 61.1 cm³/mol. The Kier molecular flexibility index (Phi) is 3.41. The van der Waals surface area contributed by atoms with Crippen LogP contribution in [-0.4, -0.2) is 11.2 Å². The van der Waals surface area contributed by atoms with Gasteiger partial charge < -0.3 is 5.11 Å². The average Bonchev–Trinajstić information content (AvgIpc) is 2.01. The van der Waals surface area contributed by atoms with Gasteiger partial charge >= 0.3 is 0 Å². The second-order valence-corrected chi connectivity index (χ2v) is 5.68. The lowest BCUT2D eigenvalue weighted by molar-refractivity contribution is -0.00919. The first-order valence-corrected chi connectivity index (χ1v) is 5.69. The number of aliphatic hydroxyl groups is 1. The number of aliphatic hydroxyl groups excluding tert-OH is 1. The van der Waals surface area contributed by atoms with Crippen LogP contribution in [0.4, 0.5) is 0 Å². The van der Waals surface area contributed by atoms with E-state index in [-0.39, 0.29) is 11.5 Å². The molecule has 0 heterocycles. The van der Waals surface area contributed by atoms with Crippen LogP contribution >= 0.6 is 0 Å². The first-order valence-electron chi connectivity index (χ1n) is 5.69. The molecule has 0 aromatic carbocycles. The summed E-state index contributed by atoms with van der Waals surface area (Å²) in [7, 11) is 0. The van der Waals surface area contributed by atoms with Crippen LogP contribution in [0.3, 0.4) is 0 Å². The van der Waals surface area contributed by atoms with Crippen molar-refractivity contribution in [3.63, 3.8) is 0 Å². The Balaban J connectivity index is 2.84. The number of rotatable bonds is 2. The molecule has 1 saturated carbocycles. The van der Waals surface area contributed by atoms with Gasteiger partial charge in [0.1, 0.15) is 0 Å². The molecule has 1 heteroatoms. The summed E-state index contributed by atoms with van der Waals surface area (Å²) in [6.45, 7) is 12.6. The van der Waals surface area contributed by atoms with Gasteiger partial charge in [0.05, 0.1) is 6.10 Å². The van der Waals surface area contributed by atoms with Gasteiger partial charge in [-0.25, -0.2) is 0 Å². The van der Waals surface area contributed by atoms with Gasteiger partial charge in [-0.2, -0.15) is 0 Å². The average molecular weight is 196 g/mol. The van der Waals surface area contributed by atoms with E-state index in [1.165, 1.54) is 19.3 Å². The lowest BCUT2D eigenvalue weighted by Gasteiger charge is -2.45. The largest absolute Gasteiger partial charge is 0.388 e. The molecule has 0 radical (unpaired) electrons. The molecule has 1 rings (SSSR count). The van der Waals surface area contributed by atoms with Crippen LogP contribution in [0.2, 0.25) is 0 Å². The summed E-state index contributed by atoms with van der Waals surface area (Å²) in [5.41, 5.74) is 1.17. The fraction of sp³-hybridized carbons (Fsp3) is 0.846. The Morgan fingerprint density at radius 1 is 1.50 bits per heavy atom. The van der Waals surface area contributed by atoms with E-state index in [9.17, 15) is 5.11 Å². The molecule has 1 nitrogen and oxygen atoms in total. The Bertz CT molecular complexity index is 217. The normalized spacial score (nSPS) is 33.8. The Hall–Kier alpha value is -0.300. The summed E-state index contributed by atoms with van der Waals surface area (Å²) in [5.74, 6) is 0.999. The Morgan fingerprint density at radius 3 is 2.50 bits per heavy atom. The molecule has 82 valence electrons. The molecule has 1 fully saturated rings. The van der Waals surface area contributed by atoms with Gasteiger partial charge in [0.25, 0.3) is 0 Å². The molecule has 0 bridgehead atoms. The summed E-state index contributed by atoms with van der Waals surface area (Å²) in [5, 5.41) is 10.2. The third-order valence-electron chi connectivity index (χ3n) is 3.84. The molecule has 14 heavy (non-hydrogen) atoms. The molecule has 0 amide bonds. The molecule has 0 spiro atoms. The topological polar surface area (TPSA) is 20.2 Å². The van der Waals surface area contributed by atoms with Crippen LogP contribution in [-0.2, 0) is 0 Å². The SMILES string of the molecule is C=C(C)C(O)C1C(C)CCCC1(C)C. The predicted octanol–water partition coefficient (Wildman–Crippen LogP) is 3.39. The zero-order valence-corrected chi connectivity index (χ0v) is 10.0. The quantitative estimate of drug-likeness (QED) is 0.671. The van der Waals surface area contributed by atoms with Gasteiger partial charge in [-0.1, -0.05) is 45.8 Å². The first-order chi connectivity index (χ1) is 6.36. The minimum Gasteiger partial charge on any atom is -0.388 e. The summed E-state index contributed by atoms with van der Waals surface area (Å²) < 4.78 is 0. The van der Waals surface area contributed by atoms with E-state index < -0.39 is 0 Å². The maximum Gasteiger partial charge on any atom is 0.0780 e. The highest BCUT2D eigenvalue weighted by atomic mass is 16.3. The van der Waals surface area contributed by atoms with Crippen molar-refractivity contribution in [2.45, 2.75) is 53.1 Å². The van der Waals surface area contributed by atoms with Crippen LogP contribution in [0.15, 0.2) is 12.2 Å². The molecule has 1 N–H and O–H groups in total. The molecule has 0 aromatic rings. The van der Waals surface area contributed by atoms with E-state index in [0.29, 0.717) is 11.8 Å². The maximum absolute atomic E-state index is 10.2. The van der Waals surface area contributed by atoms with Gasteiger partial charge in [-0.3, -0.25) is 0 Å². The monoisotopic (exact) mass is 196 g/mol. The number of hydrogen-bond acceptors (Lipinski definition) is 1. The molecular formula is C13H24O. The lowest BCUT2D eigenvalue weighted by Crippen LogP contribution is -2.42. The van der Waals surface area contributed by atoms with Gasteiger partial charge in [-0.15, -0.1) is 0 Å². The standard InChI is InChI=1S/C13H24O/c1-9(2)12(14)11-10(3)7-6-8-13(11,4)5/h10-12,14H,1,6-8H2,2-5H3. The van der Waals surface area contributed by atoms with Crippen LogP contribution in [0.5, 0.6) is 0 Å². The third-order valence-corrected chi connectivity index (χ3v) is 3.84. The second kappa shape index (κ2) is 4.06. The highest BCUT2D eigenvalue weighted by Crippen LogP contribution is 2.46. The van der Waals surface area contributed by atoms with Gasteiger partial charge in [0.15, 0.2) is 0 Å². The van der Waals surface area contributed by atoms with Crippen molar-refractivity contribution < 1.29 is 5.11 Å². The van der Waals surface area contributed by atoms with Crippen LogP contribution in [0.1, 0.15) is 47.0 Å². The van der Waals surface area contributed by atoms with Crippen LogP contribution < -0.4 is 0 Å². The van der Waals surface area contributed by atoms with Crippen molar-refractivity contribution in [3.05, 3.63) is 12.2 Å². The number of hydrogen-bond donors (Lipinski definition) is 1. The highest BCUT2D eigenvalue weighted by Gasteiger charge is 2.41. The molecule has 1 aliphatic carbocycles. The zero-order chi connectivity index (χ0) is 10.9. The molecular weight excluding hydrogens is 172 g/mol. The molecule has 1 aliphatic rings. The van der Waals surface area contributed by atoms with Gasteiger partial charge in [-0.05, 0) is 30.6 Å². The van der Waals surface area contributed by atoms with E-state index in [4.69, 9.17) is 0 Å². The van der Waals surface area contributed by atoms with Crippen LogP contribution in [0, 0.1) is 17.3 Å². The second-order valence-electron chi connectivity index (χ2n) is 5.68. The fourth-order valence-electron chi connectivity index (χ4n) is 3.04. The van der Waals surface area contributed by atoms with E-state index in [0.717, 1.165) is 5.57 Å². The zero-order valence-electron chi connectivity index (χ0n) is 10.0. The Labute approximate surface area is 88.2 Å². The molecule has 3 unspecified atom stereocenters. The van der Waals surface area contributed by atoms with Crippen molar-refractivity contribution in [2.24, 2.45) is 17.3 Å². The minimum absolute atomic E-state index is 0.260. The summed E-state index contributed by atoms with van der Waals surface area (Å²) in [6.07, 6.45) is 3.46. The maximum atomic E-state index is 10.2. The lowest BCUT2D eigenvalue weighted by atomic mass is 9.61. The van der Waals surface area contributed by atoms with E-state index in [2.05, 4.69) is 27.4 Å². The van der Waals surface area contributed by atoms with Crippen molar-refractivity contribution in [2.75, 3.05) is 0 Å². The fourth-order valence-corrected chi connectivity index (χ4v) is 3.04. The van der Waals surface area contributed by atoms with Crippen molar-refractivity contribution in [1.29, 1.82) is 0 Å².